The third-order valence-corrected chi connectivity index (χ3v) is 31.8. The van der Waals surface area contributed by atoms with Gasteiger partial charge >= 0.3 is 0 Å². The van der Waals surface area contributed by atoms with Gasteiger partial charge in [-0.1, -0.05) is 423 Å². The van der Waals surface area contributed by atoms with Crippen molar-refractivity contribution in [3.63, 3.8) is 0 Å². The molecule has 0 unspecified atom stereocenters. The lowest BCUT2D eigenvalue weighted by Crippen LogP contribution is -2.25. The van der Waals surface area contributed by atoms with E-state index in [1.165, 1.54) is 235 Å². The maximum Gasteiger partial charge on any atom is 0.150 e. The second-order valence-corrected chi connectivity index (χ2v) is 41.0. The molecule has 740 valence electrons. The Morgan fingerprint density at radius 2 is 0.393 bits per heavy atom. The third kappa shape index (κ3) is 20.4. The Morgan fingerprint density at radius 1 is 0.200 bits per heavy atom. The van der Waals surface area contributed by atoms with Gasteiger partial charge in [-0.25, -0.2) is 0 Å². The van der Waals surface area contributed by atoms with Gasteiger partial charge in [-0.05, 0) is 317 Å². The predicted octanol–water partition coefficient (Wildman–Crippen LogP) is 41.9. The molecule has 22 rings (SSSR count). The van der Waals surface area contributed by atoms with E-state index < -0.39 is 0 Å². The topological polar surface area (TPSA) is 47.1 Å². The summed E-state index contributed by atoms with van der Waals surface area (Å²) in [5.41, 5.74) is 37.8. The molecule has 20 aromatic carbocycles. The van der Waals surface area contributed by atoms with Gasteiger partial charge in [0.15, 0.2) is 0 Å². The Hall–Kier alpha value is -16.5. The lowest BCUT2D eigenvalue weighted by Gasteiger charge is -2.33. The van der Waals surface area contributed by atoms with Gasteiger partial charge in [-0.3, -0.25) is 9.59 Å². The van der Waals surface area contributed by atoms with Crippen LogP contribution in [-0.4, -0.2) is 12.6 Å². The van der Waals surface area contributed by atoms with E-state index in [0.717, 1.165) is 118 Å². The van der Waals surface area contributed by atoms with Gasteiger partial charge < -0.3 is 19.6 Å². The van der Waals surface area contributed by atoms with Gasteiger partial charge in [0.25, 0.3) is 0 Å². The molecule has 0 aliphatic heterocycles. The molecule has 0 spiro atoms. The minimum atomic E-state index is -0.115. The molecule has 2 aliphatic carbocycles. The molecule has 0 aromatic heterocycles. The third-order valence-electron chi connectivity index (χ3n) is 31.8. The summed E-state index contributed by atoms with van der Waals surface area (Å²) in [4.78, 5) is 32.8. The normalized spacial score (nSPS) is 12.3. The minimum Gasteiger partial charge on any atom is -0.310 e. The number of hydrogen-bond acceptors (Lipinski definition) is 6. The van der Waals surface area contributed by atoms with E-state index in [1.807, 2.05) is 60.7 Å². The van der Waals surface area contributed by atoms with Crippen molar-refractivity contribution < 1.29 is 9.59 Å². The summed E-state index contributed by atoms with van der Waals surface area (Å²) in [6.45, 7) is 17.3. The summed E-state index contributed by atoms with van der Waals surface area (Å²) in [6.07, 6.45) is 29.9. The van der Waals surface area contributed by atoms with Crippen molar-refractivity contribution in [3.8, 4) is 66.8 Å². The summed E-state index contributed by atoms with van der Waals surface area (Å²) >= 11 is 0. The van der Waals surface area contributed by atoms with E-state index in [2.05, 4.69) is 449 Å². The van der Waals surface area contributed by atoms with Crippen molar-refractivity contribution in [1.82, 2.24) is 0 Å². The molecule has 0 heterocycles. The lowest BCUT2D eigenvalue weighted by molar-refractivity contribution is 0.111. The highest BCUT2D eigenvalue weighted by Gasteiger charge is 2.45. The predicted molar refractivity (Wildman–Crippen MR) is 642 cm³/mol. The smallest absolute Gasteiger partial charge is 0.150 e. The number of rotatable bonds is 40. The van der Waals surface area contributed by atoms with E-state index in [-0.39, 0.29) is 10.8 Å². The van der Waals surface area contributed by atoms with Crippen LogP contribution in [0.15, 0.2) is 450 Å². The number of nitrogens with zero attached hydrogens (tertiary/aromatic N) is 4. The molecular weight excluding hydrogens is 1820 g/mol. The molecular formula is C144H132N4O2. The van der Waals surface area contributed by atoms with Crippen molar-refractivity contribution in [3.05, 3.63) is 494 Å². The minimum absolute atomic E-state index is 0.0798. The van der Waals surface area contributed by atoms with Gasteiger partial charge in [0.2, 0.25) is 0 Å². The first-order valence-corrected chi connectivity index (χ1v) is 54.7. The number of fused-ring (bicyclic) bond motifs is 10. The van der Waals surface area contributed by atoms with Crippen molar-refractivity contribution in [2.24, 2.45) is 0 Å². The molecule has 0 bridgehead atoms. The molecule has 0 N–H and O–H groups in total. The average molecular weight is 1950 g/mol. The molecule has 6 heteroatoms. The summed E-state index contributed by atoms with van der Waals surface area (Å²) in [5.74, 6) is 0. The molecule has 0 atom stereocenters. The largest absolute Gasteiger partial charge is 0.310 e. The van der Waals surface area contributed by atoms with Crippen LogP contribution in [0.2, 0.25) is 0 Å². The molecule has 0 saturated carbocycles. The molecule has 150 heavy (non-hydrogen) atoms. The van der Waals surface area contributed by atoms with Crippen LogP contribution < -0.4 is 19.6 Å². The molecule has 0 amide bonds. The van der Waals surface area contributed by atoms with E-state index in [0.29, 0.717) is 11.1 Å². The first kappa shape index (κ1) is 99.4. The fourth-order valence-electron chi connectivity index (χ4n) is 23.9. The average Bonchev–Trinajstić information content (AvgIpc) is 1.56. The number of carbonyl (C=O) groups excluding carboxylic acids is 2. The number of carbonyl (C=O) groups is 2. The quantitative estimate of drug-likeness (QED) is 0.0282. The second kappa shape index (κ2) is 45.8. The molecule has 0 saturated heterocycles. The van der Waals surface area contributed by atoms with E-state index in [4.69, 9.17) is 0 Å². The molecule has 0 fully saturated rings. The van der Waals surface area contributed by atoms with Gasteiger partial charge in [0, 0.05) is 89.0 Å². The van der Waals surface area contributed by atoms with Crippen LogP contribution in [0.5, 0.6) is 0 Å². The van der Waals surface area contributed by atoms with Crippen LogP contribution in [-0.2, 0) is 10.8 Å². The zero-order valence-corrected chi connectivity index (χ0v) is 87.0. The van der Waals surface area contributed by atoms with Gasteiger partial charge in [-0.2, -0.15) is 0 Å². The second-order valence-electron chi connectivity index (χ2n) is 41.0. The SMILES string of the molecule is C=Cc1ccc(N(c2ccc(-c3ccc4c(c3)C(CCCCCC)(CCCCCC)c3cc(-c5ccc(N(c6ccc(C=C)cc6)c6cccc7ccccc67)cc5)ccc3-4)cc2)c2cccc3ccccc23)cc1.CCCCCCC1(CCCCCC)c2cc(-c3ccc(N(c4ccc(C=O)cc4)c4cccc5ccccc45)cc3)ccc2-c2ccc(-c3ccc(N(c4ccc(C=O)cc4)c4cccc5ccccc45)cc3)cc21. The summed E-state index contributed by atoms with van der Waals surface area (Å²) in [5, 5.41) is 9.58. The van der Waals surface area contributed by atoms with Crippen LogP contribution in [0.25, 0.3) is 122 Å². The van der Waals surface area contributed by atoms with Crippen LogP contribution >= 0.6 is 0 Å². The molecule has 6 nitrogen and oxygen atoms in total. The molecule has 20 aromatic rings. The highest BCUT2D eigenvalue weighted by Crippen LogP contribution is 2.59. The van der Waals surface area contributed by atoms with Crippen molar-refractivity contribution in [2.75, 3.05) is 19.6 Å². The van der Waals surface area contributed by atoms with Crippen molar-refractivity contribution >= 4 is 136 Å². The highest BCUT2D eigenvalue weighted by molar-refractivity contribution is 6.04. The number of hydrogen-bond donors (Lipinski definition) is 0. The Kier molecular flexibility index (Phi) is 30.4. The maximum absolute atomic E-state index is 11.7. The van der Waals surface area contributed by atoms with Gasteiger partial charge in [0.1, 0.15) is 12.6 Å². The zero-order chi connectivity index (χ0) is 102. The Morgan fingerprint density at radius 3 is 0.600 bits per heavy atom. The van der Waals surface area contributed by atoms with Crippen LogP contribution in [0, 0.1) is 0 Å². The number of benzene rings is 20. The highest BCUT2D eigenvalue weighted by atomic mass is 16.1. The van der Waals surface area contributed by atoms with Crippen molar-refractivity contribution in [2.45, 2.75) is 167 Å². The fraction of sp³-hybridized carbons (Fsp3) is 0.181. The monoisotopic (exact) mass is 1950 g/mol. The first-order chi connectivity index (χ1) is 74.0. The maximum atomic E-state index is 11.7. The van der Waals surface area contributed by atoms with E-state index >= 15 is 0 Å². The van der Waals surface area contributed by atoms with Crippen LogP contribution in [0.3, 0.4) is 0 Å². The molecule has 2 aliphatic rings. The van der Waals surface area contributed by atoms with E-state index in [9.17, 15) is 9.59 Å². The Balaban J connectivity index is 0.000000175. The standard InChI is InChI=1S/C73H68N2.C71H64N2O2/c1-5-9-11-17-49-73(50-18-12-10-6-2)69-51-59(55-33-43-63(44-34-55)74(61-39-29-53(7-3)30-40-61)71-27-19-23-57-21-13-15-25-65(57)71)37-47-67(69)68-48-38-60(52-70(68)73)56-35-45-64(46-36-56)75(62-41-31-54(8-4)32-42-62)72-28-20-24-58-22-14-16-26-66(58)72;1-3-5-7-13-45-71(46-14-8-6-4-2)67-47-57(53-29-39-61(40-30-53)72(59-35-25-51(49-74)26-36-59)69-23-15-19-55-17-9-11-21-63(55)69)33-43-65(67)66-44-34-58(48-68(66)71)54-31-41-62(42-32-54)73(60-37-27-52(50-75)28-38-60)70-24-16-20-56-18-10-12-22-64(56)70/h7-8,13-16,19-48,51-52H,3-6,9-12,17-18,49-50H2,1-2H3;9-12,15-44,47-50H,3-8,13-14,45-46H2,1-2H3. The van der Waals surface area contributed by atoms with Gasteiger partial charge in [-0.15, -0.1) is 0 Å². The number of aldehydes is 2. The number of anilines is 12. The first-order valence-electron chi connectivity index (χ1n) is 54.7. The molecule has 0 radical (unpaired) electrons. The summed E-state index contributed by atoms with van der Waals surface area (Å²) in [7, 11) is 0. The summed E-state index contributed by atoms with van der Waals surface area (Å²) < 4.78 is 0. The van der Waals surface area contributed by atoms with Crippen molar-refractivity contribution in [1.29, 1.82) is 0 Å². The zero-order valence-electron chi connectivity index (χ0n) is 87.0. The van der Waals surface area contributed by atoms with Crippen LogP contribution in [0.4, 0.5) is 68.2 Å². The summed E-state index contributed by atoms with van der Waals surface area (Å²) in [6, 6.07) is 160. The fourth-order valence-corrected chi connectivity index (χ4v) is 23.9. The van der Waals surface area contributed by atoms with E-state index in [1.54, 1.807) is 0 Å². The Labute approximate surface area is 887 Å². The lowest BCUT2D eigenvalue weighted by atomic mass is 9.70. The van der Waals surface area contributed by atoms with Gasteiger partial charge in [0.05, 0.1) is 22.7 Å². The Bertz CT molecular complexity index is 7200. The number of unbranched alkanes of at least 4 members (excludes halogenated alkanes) is 12. The van der Waals surface area contributed by atoms with Crippen LogP contribution in [0.1, 0.15) is 210 Å².